The van der Waals surface area contributed by atoms with Gasteiger partial charge in [-0.1, -0.05) is 29.3 Å². The van der Waals surface area contributed by atoms with Crippen molar-refractivity contribution >= 4 is 29.2 Å². The van der Waals surface area contributed by atoms with E-state index in [4.69, 9.17) is 32.7 Å². The highest BCUT2D eigenvalue weighted by atomic mass is 35.5. The third kappa shape index (κ3) is 2.30. The minimum Gasteiger partial charge on any atom is -0.465 e. The summed E-state index contributed by atoms with van der Waals surface area (Å²) in [6.07, 6.45) is 1.59. The highest BCUT2D eigenvalue weighted by molar-refractivity contribution is 6.39. The number of carbonyl (C=O) groups is 1. The molecule has 1 aromatic heterocycles. The van der Waals surface area contributed by atoms with Gasteiger partial charge in [-0.2, -0.15) is 0 Å². The Labute approximate surface area is 136 Å². The van der Waals surface area contributed by atoms with E-state index in [1.54, 1.807) is 24.4 Å². The summed E-state index contributed by atoms with van der Waals surface area (Å²) in [4.78, 5) is 15.2. The van der Waals surface area contributed by atoms with E-state index in [0.29, 0.717) is 26.9 Å². The van der Waals surface area contributed by atoms with Crippen LogP contribution in [0.1, 0.15) is 16.1 Å². The fraction of sp³-hybridized carbons (Fsp3) is 0.267. The van der Waals surface area contributed by atoms with Gasteiger partial charge in [-0.3, -0.25) is 0 Å². The Morgan fingerprint density at radius 2 is 2.00 bits per heavy atom. The molecule has 2 aromatic rings. The van der Waals surface area contributed by atoms with Gasteiger partial charge in [0.1, 0.15) is 0 Å². The first-order valence-corrected chi connectivity index (χ1v) is 7.28. The van der Waals surface area contributed by atoms with Crippen LogP contribution in [0.15, 0.2) is 24.4 Å². The normalized spacial score (nSPS) is 16.2. The fourth-order valence-electron chi connectivity index (χ4n) is 2.50. The number of esters is 1. The van der Waals surface area contributed by atoms with Gasteiger partial charge < -0.3 is 19.6 Å². The van der Waals surface area contributed by atoms with E-state index in [1.807, 2.05) is 0 Å². The van der Waals surface area contributed by atoms with E-state index >= 15 is 0 Å². The van der Waals surface area contributed by atoms with Crippen molar-refractivity contribution in [3.8, 4) is 11.1 Å². The average Bonchev–Trinajstić information content (AvgIpc) is 2.88. The van der Waals surface area contributed by atoms with Crippen LogP contribution in [0.25, 0.3) is 11.1 Å². The Kier molecular flexibility index (Phi) is 3.91. The second kappa shape index (κ2) is 5.59. The summed E-state index contributed by atoms with van der Waals surface area (Å²) in [6.45, 7) is 0.209. The van der Waals surface area contributed by atoms with Crippen LogP contribution in [-0.2, 0) is 15.1 Å². The van der Waals surface area contributed by atoms with E-state index in [1.165, 1.54) is 7.11 Å². The first-order valence-electron chi connectivity index (χ1n) is 6.52. The molecular formula is C15H13Cl2NO4. The molecule has 1 aliphatic rings. The van der Waals surface area contributed by atoms with Crippen LogP contribution >= 0.6 is 23.2 Å². The van der Waals surface area contributed by atoms with Gasteiger partial charge in [-0.25, -0.2) is 4.79 Å². The van der Waals surface area contributed by atoms with Crippen LogP contribution < -0.4 is 0 Å². The number of hydrogen-bond acceptors (Lipinski definition) is 4. The van der Waals surface area contributed by atoms with E-state index in [9.17, 15) is 9.90 Å². The number of benzene rings is 1. The number of aromatic amines is 1. The number of aromatic nitrogens is 1. The molecule has 0 bridgehead atoms. The lowest BCUT2D eigenvalue weighted by atomic mass is 9.92. The van der Waals surface area contributed by atoms with Gasteiger partial charge in [0.15, 0.2) is 5.60 Å². The van der Waals surface area contributed by atoms with Gasteiger partial charge in [-0.15, -0.1) is 0 Å². The maximum absolute atomic E-state index is 12.2. The highest BCUT2D eigenvalue weighted by Crippen LogP contribution is 2.41. The van der Waals surface area contributed by atoms with Crippen LogP contribution in [0.3, 0.4) is 0 Å². The predicted octanol–water partition coefficient (Wildman–Crippen LogP) is 2.99. The second-order valence-corrected chi connectivity index (χ2v) is 5.88. The summed E-state index contributed by atoms with van der Waals surface area (Å²) < 4.78 is 9.89. The number of ether oxygens (including phenoxy) is 2. The number of nitrogens with one attached hydrogen (secondary N) is 1. The lowest BCUT2D eigenvalue weighted by molar-refractivity contribution is -0.186. The minimum atomic E-state index is -1.24. The van der Waals surface area contributed by atoms with E-state index in [0.717, 1.165) is 0 Å². The Morgan fingerprint density at radius 1 is 1.36 bits per heavy atom. The van der Waals surface area contributed by atoms with Crippen molar-refractivity contribution in [2.24, 2.45) is 0 Å². The molecule has 7 heteroatoms. The van der Waals surface area contributed by atoms with Crippen molar-refractivity contribution in [2.45, 2.75) is 5.60 Å². The van der Waals surface area contributed by atoms with Gasteiger partial charge in [0.05, 0.1) is 31.6 Å². The van der Waals surface area contributed by atoms with E-state index in [-0.39, 0.29) is 18.8 Å². The van der Waals surface area contributed by atoms with Crippen molar-refractivity contribution in [3.63, 3.8) is 0 Å². The van der Waals surface area contributed by atoms with Gasteiger partial charge >= 0.3 is 5.97 Å². The molecule has 0 radical (unpaired) electrons. The standard InChI is InChI=1S/C15H13Cl2NO4/c1-21-14(19)12-8(11-9(16)3-2-4-10(11)17)5-18-13(12)15(20)6-22-7-15/h2-5,18,20H,6-7H2,1H3. The Bertz CT molecular complexity index is 717. The summed E-state index contributed by atoms with van der Waals surface area (Å²) in [5.74, 6) is -0.581. The zero-order valence-electron chi connectivity index (χ0n) is 11.7. The number of H-pyrrole nitrogens is 1. The van der Waals surface area contributed by atoms with Crippen LogP contribution in [-0.4, -0.2) is 36.4 Å². The number of hydrogen-bond donors (Lipinski definition) is 2. The predicted molar refractivity (Wildman–Crippen MR) is 82.3 cm³/mol. The molecule has 0 saturated carbocycles. The van der Waals surface area contributed by atoms with Crippen molar-refractivity contribution in [1.82, 2.24) is 4.98 Å². The van der Waals surface area contributed by atoms with E-state index < -0.39 is 11.6 Å². The molecule has 1 fully saturated rings. The summed E-state index contributed by atoms with van der Waals surface area (Å²) in [5.41, 5.74) is 0.311. The second-order valence-electron chi connectivity index (χ2n) is 5.06. The number of carbonyl (C=O) groups excluding carboxylic acids is 1. The molecule has 2 heterocycles. The first-order chi connectivity index (χ1) is 10.5. The lowest BCUT2D eigenvalue weighted by Gasteiger charge is -2.36. The zero-order chi connectivity index (χ0) is 15.9. The molecular weight excluding hydrogens is 329 g/mol. The SMILES string of the molecule is COC(=O)c1c(-c2c(Cl)cccc2Cl)c[nH]c1C1(O)COC1. The summed E-state index contributed by atoms with van der Waals surface area (Å²) in [6, 6.07) is 5.07. The first kappa shape index (κ1) is 15.4. The van der Waals surface area contributed by atoms with Gasteiger partial charge in [-0.05, 0) is 12.1 Å². The molecule has 0 amide bonds. The third-order valence-electron chi connectivity index (χ3n) is 3.65. The Morgan fingerprint density at radius 3 is 2.50 bits per heavy atom. The molecule has 2 N–H and O–H groups in total. The van der Waals surface area contributed by atoms with Crippen LogP contribution in [0.5, 0.6) is 0 Å². The molecule has 5 nitrogen and oxygen atoms in total. The maximum atomic E-state index is 12.2. The molecule has 1 saturated heterocycles. The van der Waals surface area contributed by atoms with Crippen LogP contribution in [0.4, 0.5) is 0 Å². The quantitative estimate of drug-likeness (QED) is 0.842. The van der Waals surface area contributed by atoms with E-state index in [2.05, 4.69) is 4.98 Å². The van der Waals surface area contributed by atoms with Gasteiger partial charge in [0.2, 0.25) is 0 Å². The smallest absolute Gasteiger partial charge is 0.340 e. The fourth-order valence-corrected chi connectivity index (χ4v) is 3.10. The summed E-state index contributed by atoms with van der Waals surface area (Å²) in [5, 5.41) is 11.3. The minimum absolute atomic E-state index is 0.104. The number of methoxy groups -OCH3 is 1. The Balaban J connectivity index is 2.23. The molecule has 0 unspecified atom stereocenters. The molecule has 3 rings (SSSR count). The van der Waals surface area contributed by atoms with Gasteiger partial charge in [0, 0.05) is 27.4 Å². The summed E-state index contributed by atoms with van der Waals surface area (Å²) >= 11 is 12.4. The van der Waals surface area contributed by atoms with Crippen LogP contribution in [0, 0.1) is 0 Å². The molecule has 116 valence electrons. The zero-order valence-corrected chi connectivity index (χ0v) is 13.2. The van der Waals surface area contributed by atoms with Crippen molar-refractivity contribution in [1.29, 1.82) is 0 Å². The maximum Gasteiger partial charge on any atom is 0.340 e. The molecule has 1 aromatic carbocycles. The largest absolute Gasteiger partial charge is 0.465 e. The topological polar surface area (TPSA) is 71.6 Å². The molecule has 0 aliphatic carbocycles. The molecule has 0 spiro atoms. The highest BCUT2D eigenvalue weighted by Gasteiger charge is 2.43. The van der Waals surface area contributed by atoms with Crippen molar-refractivity contribution in [2.75, 3.05) is 20.3 Å². The van der Waals surface area contributed by atoms with Crippen molar-refractivity contribution < 1.29 is 19.4 Å². The molecule has 22 heavy (non-hydrogen) atoms. The number of halogens is 2. The van der Waals surface area contributed by atoms with Gasteiger partial charge in [0.25, 0.3) is 0 Å². The molecule has 1 aliphatic heterocycles. The monoisotopic (exact) mass is 341 g/mol. The van der Waals surface area contributed by atoms with Crippen molar-refractivity contribution in [3.05, 3.63) is 45.7 Å². The number of aliphatic hydroxyl groups is 1. The number of rotatable bonds is 3. The Hall–Kier alpha value is -1.53. The lowest BCUT2D eigenvalue weighted by Crippen LogP contribution is -2.47. The average molecular weight is 342 g/mol. The molecule has 0 atom stereocenters. The third-order valence-corrected chi connectivity index (χ3v) is 4.28. The van der Waals surface area contributed by atoms with Crippen LogP contribution in [0.2, 0.25) is 10.0 Å². The summed E-state index contributed by atoms with van der Waals surface area (Å²) in [7, 11) is 1.28.